The molecule has 1 amide bonds. The first-order valence-electron chi connectivity index (χ1n) is 6.06. The van der Waals surface area contributed by atoms with E-state index in [0.717, 1.165) is 16.8 Å². The van der Waals surface area contributed by atoms with Gasteiger partial charge in [-0.3, -0.25) is 4.79 Å². The van der Waals surface area contributed by atoms with E-state index in [2.05, 4.69) is 10.3 Å². The van der Waals surface area contributed by atoms with Crippen molar-refractivity contribution in [2.75, 3.05) is 11.9 Å². The fourth-order valence-corrected chi connectivity index (χ4v) is 1.64. The maximum Gasteiger partial charge on any atom is 0.262 e. The van der Waals surface area contributed by atoms with Crippen LogP contribution in [0.4, 0.5) is 5.69 Å². The van der Waals surface area contributed by atoms with Crippen molar-refractivity contribution in [2.24, 2.45) is 0 Å². The highest BCUT2D eigenvalue weighted by Gasteiger charge is 2.06. The Labute approximate surface area is 112 Å². The van der Waals surface area contributed by atoms with Crippen LogP contribution >= 0.6 is 0 Å². The van der Waals surface area contributed by atoms with Crippen molar-refractivity contribution < 1.29 is 9.53 Å². The van der Waals surface area contributed by atoms with Gasteiger partial charge in [-0.2, -0.15) is 0 Å². The first-order valence-corrected chi connectivity index (χ1v) is 6.06. The highest BCUT2D eigenvalue weighted by molar-refractivity contribution is 5.92. The van der Waals surface area contributed by atoms with Crippen molar-refractivity contribution in [3.05, 3.63) is 53.7 Å². The standard InChI is InChI=1S/C15H16N2O2/c1-11-6-5-7-13(12(11)2)17-14(18)10-19-15-8-3-4-9-16-15/h3-9H,10H2,1-2H3,(H,17,18). The first kappa shape index (κ1) is 13.1. The first-order chi connectivity index (χ1) is 9.16. The minimum absolute atomic E-state index is 0.0512. The van der Waals surface area contributed by atoms with E-state index in [-0.39, 0.29) is 12.5 Å². The lowest BCUT2D eigenvalue weighted by Crippen LogP contribution is -2.21. The summed E-state index contributed by atoms with van der Waals surface area (Å²) in [7, 11) is 0. The van der Waals surface area contributed by atoms with Crippen LogP contribution in [0.5, 0.6) is 5.88 Å². The fraction of sp³-hybridized carbons (Fsp3) is 0.200. The Balaban J connectivity index is 1.93. The van der Waals surface area contributed by atoms with Gasteiger partial charge in [0.1, 0.15) is 0 Å². The van der Waals surface area contributed by atoms with Crippen molar-refractivity contribution in [1.82, 2.24) is 4.98 Å². The van der Waals surface area contributed by atoms with Crippen molar-refractivity contribution in [2.45, 2.75) is 13.8 Å². The van der Waals surface area contributed by atoms with Crippen molar-refractivity contribution >= 4 is 11.6 Å². The molecule has 4 heteroatoms. The van der Waals surface area contributed by atoms with E-state index in [9.17, 15) is 4.79 Å². The van der Waals surface area contributed by atoms with E-state index in [1.807, 2.05) is 38.1 Å². The Hall–Kier alpha value is -2.36. The van der Waals surface area contributed by atoms with Gasteiger partial charge in [0.2, 0.25) is 5.88 Å². The summed E-state index contributed by atoms with van der Waals surface area (Å²) < 4.78 is 5.29. The second-order valence-corrected chi connectivity index (χ2v) is 4.25. The second-order valence-electron chi connectivity index (χ2n) is 4.25. The smallest absolute Gasteiger partial charge is 0.262 e. The number of ether oxygens (including phenoxy) is 1. The zero-order valence-corrected chi connectivity index (χ0v) is 11.0. The molecule has 0 aliphatic heterocycles. The number of aromatic nitrogens is 1. The predicted molar refractivity (Wildman–Crippen MR) is 74.3 cm³/mol. The summed E-state index contributed by atoms with van der Waals surface area (Å²) in [6.45, 7) is 3.93. The van der Waals surface area contributed by atoms with Gasteiger partial charge in [0, 0.05) is 18.0 Å². The molecular weight excluding hydrogens is 240 g/mol. The lowest BCUT2D eigenvalue weighted by molar-refractivity contribution is -0.118. The molecule has 1 N–H and O–H groups in total. The maximum atomic E-state index is 11.8. The number of carbonyl (C=O) groups excluding carboxylic acids is 1. The Bertz CT molecular complexity index is 568. The zero-order chi connectivity index (χ0) is 13.7. The van der Waals surface area contributed by atoms with Crippen molar-refractivity contribution in [3.63, 3.8) is 0 Å². The van der Waals surface area contributed by atoms with Gasteiger partial charge < -0.3 is 10.1 Å². The summed E-state index contributed by atoms with van der Waals surface area (Å²) in [6, 6.07) is 11.1. The molecule has 0 bridgehead atoms. The topological polar surface area (TPSA) is 51.2 Å². The summed E-state index contributed by atoms with van der Waals surface area (Å²) in [4.78, 5) is 15.8. The van der Waals surface area contributed by atoms with Gasteiger partial charge in [-0.15, -0.1) is 0 Å². The molecule has 2 rings (SSSR count). The van der Waals surface area contributed by atoms with Crippen molar-refractivity contribution in [3.8, 4) is 5.88 Å². The van der Waals surface area contributed by atoms with Crippen LogP contribution in [0.3, 0.4) is 0 Å². The molecule has 4 nitrogen and oxygen atoms in total. The summed E-state index contributed by atoms with van der Waals surface area (Å²) in [5.74, 6) is 0.248. The number of carbonyl (C=O) groups is 1. The number of pyridine rings is 1. The van der Waals surface area contributed by atoms with Gasteiger partial charge in [0.25, 0.3) is 5.91 Å². The number of aryl methyl sites for hydroxylation is 1. The van der Waals surface area contributed by atoms with Crippen LogP contribution in [0.25, 0.3) is 0 Å². The van der Waals surface area contributed by atoms with Crippen LogP contribution in [0.2, 0.25) is 0 Å². The average molecular weight is 256 g/mol. The SMILES string of the molecule is Cc1cccc(NC(=O)COc2ccccn2)c1C. The summed E-state index contributed by atoms with van der Waals surface area (Å²) >= 11 is 0. The van der Waals surface area contributed by atoms with E-state index in [1.54, 1.807) is 18.3 Å². The van der Waals surface area contributed by atoms with E-state index >= 15 is 0 Å². The summed E-state index contributed by atoms with van der Waals surface area (Å²) in [6.07, 6.45) is 1.62. The van der Waals surface area contributed by atoms with Gasteiger partial charge in [-0.1, -0.05) is 18.2 Å². The predicted octanol–water partition coefficient (Wildman–Crippen LogP) is 2.72. The molecule has 0 fully saturated rings. The Morgan fingerprint density at radius 3 is 2.79 bits per heavy atom. The number of nitrogens with one attached hydrogen (secondary N) is 1. The minimum Gasteiger partial charge on any atom is -0.468 e. The van der Waals surface area contributed by atoms with Gasteiger partial charge in [0.05, 0.1) is 0 Å². The van der Waals surface area contributed by atoms with Gasteiger partial charge in [-0.05, 0) is 37.1 Å². The Morgan fingerprint density at radius 1 is 1.21 bits per heavy atom. The molecule has 98 valence electrons. The number of benzene rings is 1. The van der Waals surface area contributed by atoms with Crippen molar-refractivity contribution in [1.29, 1.82) is 0 Å². The van der Waals surface area contributed by atoms with Crippen LogP contribution in [0.15, 0.2) is 42.6 Å². The number of amides is 1. The molecule has 0 aliphatic carbocycles. The largest absolute Gasteiger partial charge is 0.468 e. The number of nitrogens with zero attached hydrogens (tertiary/aromatic N) is 1. The third-order valence-electron chi connectivity index (χ3n) is 2.87. The van der Waals surface area contributed by atoms with Crippen LogP contribution in [-0.4, -0.2) is 17.5 Å². The van der Waals surface area contributed by atoms with E-state index in [0.29, 0.717) is 5.88 Å². The van der Waals surface area contributed by atoms with Gasteiger partial charge >= 0.3 is 0 Å². The van der Waals surface area contributed by atoms with Gasteiger partial charge in [-0.25, -0.2) is 4.98 Å². The maximum absolute atomic E-state index is 11.8. The second kappa shape index (κ2) is 6.00. The minimum atomic E-state index is -0.195. The molecule has 0 spiro atoms. The lowest BCUT2D eigenvalue weighted by Gasteiger charge is -2.10. The van der Waals surface area contributed by atoms with Crippen LogP contribution in [0, 0.1) is 13.8 Å². The number of hydrogen-bond donors (Lipinski definition) is 1. The monoisotopic (exact) mass is 256 g/mol. The lowest BCUT2D eigenvalue weighted by atomic mass is 10.1. The molecule has 0 atom stereocenters. The van der Waals surface area contributed by atoms with Crippen LogP contribution < -0.4 is 10.1 Å². The van der Waals surface area contributed by atoms with Crippen LogP contribution in [0.1, 0.15) is 11.1 Å². The highest BCUT2D eigenvalue weighted by atomic mass is 16.5. The normalized spacial score (nSPS) is 10.0. The molecule has 0 unspecified atom stereocenters. The zero-order valence-electron chi connectivity index (χ0n) is 11.0. The number of anilines is 1. The molecule has 1 aromatic heterocycles. The van der Waals surface area contributed by atoms with E-state index < -0.39 is 0 Å². The molecule has 1 heterocycles. The van der Waals surface area contributed by atoms with Crippen LogP contribution in [-0.2, 0) is 4.79 Å². The number of hydrogen-bond acceptors (Lipinski definition) is 3. The molecular formula is C15H16N2O2. The molecule has 1 aromatic carbocycles. The fourth-order valence-electron chi connectivity index (χ4n) is 1.64. The quantitative estimate of drug-likeness (QED) is 0.915. The van der Waals surface area contributed by atoms with E-state index in [4.69, 9.17) is 4.74 Å². The van der Waals surface area contributed by atoms with Gasteiger partial charge in [0.15, 0.2) is 6.61 Å². The number of rotatable bonds is 4. The molecule has 2 aromatic rings. The summed E-state index contributed by atoms with van der Waals surface area (Å²) in [5.41, 5.74) is 3.02. The molecule has 0 aliphatic rings. The molecule has 0 saturated carbocycles. The third-order valence-corrected chi connectivity index (χ3v) is 2.87. The molecule has 19 heavy (non-hydrogen) atoms. The Morgan fingerprint density at radius 2 is 2.05 bits per heavy atom. The van der Waals surface area contributed by atoms with E-state index in [1.165, 1.54) is 0 Å². The highest BCUT2D eigenvalue weighted by Crippen LogP contribution is 2.17. The average Bonchev–Trinajstić information content (AvgIpc) is 2.43. The molecule has 0 radical (unpaired) electrons. The Kier molecular flexibility index (Phi) is 4.13. The summed E-state index contributed by atoms with van der Waals surface area (Å²) in [5, 5.41) is 2.83. The third kappa shape index (κ3) is 3.55. The molecule has 0 saturated heterocycles.